The van der Waals surface area contributed by atoms with Crippen molar-refractivity contribution in [3.63, 3.8) is 0 Å². The van der Waals surface area contributed by atoms with Crippen LogP contribution in [0.2, 0.25) is 0 Å². The van der Waals surface area contributed by atoms with Gasteiger partial charge in [0.25, 0.3) is 5.91 Å². The standard InChI is InChI=1S/C20H18FN3O4/c21-14-5-8-16(9-6-14)28-19-10-7-15(13-23-19)24-18(25)4-1-11-22-20(26)17-3-2-12-27-17/h2-3,5-10,12-13H,1,4,11H2,(H,22,26)(H,24,25). The summed E-state index contributed by atoms with van der Waals surface area (Å²) in [5.74, 6) is 0.164. The van der Waals surface area contributed by atoms with Crippen molar-refractivity contribution in [3.8, 4) is 11.6 Å². The van der Waals surface area contributed by atoms with Crippen LogP contribution in [0.4, 0.5) is 10.1 Å². The Morgan fingerprint density at radius 1 is 1.11 bits per heavy atom. The fraction of sp³-hybridized carbons (Fsp3) is 0.150. The first kappa shape index (κ1) is 19.1. The first-order valence-corrected chi connectivity index (χ1v) is 8.61. The number of rotatable bonds is 8. The van der Waals surface area contributed by atoms with Crippen LogP contribution in [0.5, 0.6) is 11.6 Å². The van der Waals surface area contributed by atoms with Crippen LogP contribution in [0.15, 0.2) is 65.4 Å². The summed E-state index contributed by atoms with van der Waals surface area (Å²) in [6.45, 7) is 0.357. The molecule has 0 saturated heterocycles. The summed E-state index contributed by atoms with van der Waals surface area (Å²) in [5, 5.41) is 5.39. The Morgan fingerprint density at radius 3 is 2.61 bits per heavy atom. The number of halogens is 1. The smallest absolute Gasteiger partial charge is 0.286 e. The Labute approximate surface area is 160 Å². The van der Waals surface area contributed by atoms with E-state index in [9.17, 15) is 14.0 Å². The number of ether oxygens (including phenoxy) is 1. The molecule has 2 N–H and O–H groups in total. The highest BCUT2D eigenvalue weighted by Gasteiger charge is 2.08. The zero-order chi connectivity index (χ0) is 19.8. The van der Waals surface area contributed by atoms with E-state index in [1.807, 2.05) is 0 Å². The molecule has 2 aromatic heterocycles. The van der Waals surface area contributed by atoms with E-state index in [1.54, 1.807) is 24.3 Å². The van der Waals surface area contributed by atoms with Gasteiger partial charge in [0, 0.05) is 19.0 Å². The first-order chi connectivity index (χ1) is 13.6. The molecule has 144 valence electrons. The van der Waals surface area contributed by atoms with Crippen LogP contribution in [0.3, 0.4) is 0 Å². The van der Waals surface area contributed by atoms with Crippen molar-refractivity contribution in [1.82, 2.24) is 10.3 Å². The van der Waals surface area contributed by atoms with Gasteiger partial charge in [-0.05, 0) is 48.9 Å². The number of pyridine rings is 1. The van der Waals surface area contributed by atoms with Gasteiger partial charge in [-0.25, -0.2) is 9.37 Å². The monoisotopic (exact) mass is 383 g/mol. The summed E-state index contributed by atoms with van der Waals surface area (Å²) in [4.78, 5) is 27.7. The van der Waals surface area contributed by atoms with Crippen LogP contribution >= 0.6 is 0 Å². The van der Waals surface area contributed by atoms with E-state index in [4.69, 9.17) is 9.15 Å². The first-order valence-electron chi connectivity index (χ1n) is 8.61. The molecule has 0 fully saturated rings. The van der Waals surface area contributed by atoms with Gasteiger partial charge < -0.3 is 19.8 Å². The van der Waals surface area contributed by atoms with E-state index < -0.39 is 0 Å². The average molecular weight is 383 g/mol. The van der Waals surface area contributed by atoms with Crippen molar-refractivity contribution in [3.05, 3.63) is 72.6 Å². The number of furan rings is 1. The lowest BCUT2D eigenvalue weighted by molar-refractivity contribution is -0.116. The third kappa shape index (κ3) is 5.66. The minimum absolute atomic E-state index is 0.193. The van der Waals surface area contributed by atoms with Crippen molar-refractivity contribution in [2.75, 3.05) is 11.9 Å². The Hall–Kier alpha value is -3.68. The minimum Gasteiger partial charge on any atom is -0.459 e. The molecule has 2 amide bonds. The van der Waals surface area contributed by atoms with Crippen LogP contribution < -0.4 is 15.4 Å². The van der Waals surface area contributed by atoms with Gasteiger partial charge in [0.05, 0.1) is 18.1 Å². The predicted molar refractivity (Wildman–Crippen MR) is 99.6 cm³/mol. The molecular formula is C20H18FN3O4. The fourth-order valence-corrected chi connectivity index (χ4v) is 2.31. The van der Waals surface area contributed by atoms with E-state index in [-0.39, 0.29) is 29.8 Å². The lowest BCUT2D eigenvalue weighted by atomic mass is 10.2. The second-order valence-corrected chi connectivity index (χ2v) is 5.83. The van der Waals surface area contributed by atoms with Gasteiger partial charge in [-0.3, -0.25) is 9.59 Å². The van der Waals surface area contributed by atoms with Crippen molar-refractivity contribution in [2.45, 2.75) is 12.8 Å². The molecular weight excluding hydrogens is 365 g/mol. The van der Waals surface area contributed by atoms with Crippen molar-refractivity contribution in [2.24, 2.45) is 0 Å². The van der Waals surface area contributed by atoms with Crippen molar-refractivity contribution in [1.29, 1.82) is 0 Å². The lowest BCUT2D eigenvalue weighted by Crippen LogP contribution is -2.25. The number of hydrogen-bond acceptors (Lipinski definition) is 5. The highest BCUT2D eigenvalue weighted by atomic mass is 19.1. The molecule has 0 saturated carbocycles. The fourth-order valence-electron chi connectivity index (χ4n) is 2.31. The number of carbonyl (C=O) groups is 2. The Morgan fingerprint density at radius 2 is 1.93 bits per heavy atom. The minimum atomic E-state index is -0.348. The maximum Gasteiger partial charge on any atom is 0.286 e. The molecule has 7 nitrogen and oxygen atoms in total. The zero-order valence-electron chi connectivity index (χ0n) is 14.9. The van der Waals surface area contributed by atoms with E-state index in [0.29, 0.717) is 30.3 Å². The number of nitrogens with zero attached hydrogens (tertiary/aromatic N) is 1. The van der Waals surface area contributed by atoms with Crippen LogP contribution in [0, 0.1) is 5.82 Å². The number of anilines is 1. The topological polar surface area (TPSA) is 93.5 Å². The van der Waals surface area contributed by atoms with Crippen LogP contribution in [-0.4, -0.2) is 23.3 Å². The summed E-state index contributed by atoms with van der Waals surface area (Å²) < 4.78 is 23.3. The average Bonchev–Trinajstić information content (AvgIpc) is 3.23. The summed E-state index contributed by atoms with van der Waals surface area (Å²) in [5.41, 5.74) is 0.524. The molecule has 0 aliphatic carbocycles. The molecule has 0 unspecified atom stereocenters. The molecule has 3 aromatic rings. The predicted octanol–water partition coefficient (Wildman–Crippen LogP) is 3.75. The molecule has 1 aromatic carbocycles. The molecule has 0 bridgehead atoms. The van der Waals surface area contributed by atoms with Gasteiger partial charge in [-0.15, -0.1) is 0 Å². The molecule has 0 atom stereocenters. The summed E-state index contributed by atoms with van der Waals surface area (Å²) >= 11 is 0. The molecule has 0 radical (unpaired) electrons. The number of carbonyl (C=O) groups excluding carboxylic acids is 2. The van der Waals surface area contributed by atoms with E-state index >= 15 is 0 Å². The number of nitrogens with one attached hydrogen (secondary N) is 2. The Balaban J connectivity index is 1.39. The van der Waals surface area contributed by atoms with Gasteiger partial charge in [0.1, 0.15) is 11.6 Å². The largest absolute Gasteiger partial charge is 0.459 e. The van der Waals surface area contributed by atoms with Crippen LogP contribution in [0.25, 0.3) is 0 Å². The van der Waals surface area contributed by atoms with Gasteiger partial charge in [0.15, 0.2) is 5.76 Å². The maximum atomic E-state index is 12.9. The second kappa shape index (κ2) is 9.31. The third-order valence-electron chi connectivity index (χ3n) is 3.67. The van der Waals surface area contributed by atoms with Crippen LogP contribution in [0.1, 0.15) is 23.4 Å². The molecule has 0 aliphatic heterocycles. The number of aromatic nitrogens is 1. The third-order valence-corrected chi connectivity index (χ3v) is 3.67. The summed E-state index contributed by atoms with van der Waals surface area (Å²) in [6, 6.07) is 12.0. The number of hydrogen-bond donors (Lipinski definition) is 2. The summed E-state index contributed by atoms with van der Waals surface area (Å²) in [6.07, 6.45) is 3.62. The van der Waals surface area contributed by atoms with Gasteiger partial charge in [0.2, 0.25) is 11.8 Å². The SMILES string of the molecule is O=C(CCCNC(=O)c1ccco1)Nc1ccc(Oc2ccc(F)cc2)nc1. The molecule has 0 aliphatic rings. The highest BCUT2D eigenvalue weighted by Crippen LogP contribution is 2.20. The molecule has 3 rings (SSSR count). The molecule has 28 heavy (non-hydrogen) atoms. The van der Waals surface area contributed by atoms with Gasteiger partial charge in [-0.1, -0.05) is 0 Å². The van der Waals surface area contributed by atoms with E-state index in [1.165, 1.54) is 36.7 Å². The van der Waals surface area contributed by atoms with Crippen molar-refractivity contribution < 1.29 is 23.1 Å². The van der Waals surface area contributed by atoms with Gasteiger partial charge >= 0.3 is 0 Å². The van der Waals surface area contributed by atoms with E-state index in [2.05, 4.69) is 15.6 Å². The number of benzene rings is 1. The Kier molecular flexibility index (Phi) is 6.35. The molecule has 8 heteroatoms. The van der Waals surface area contributed by atoms with Gasteiger partial charge in [-0.2, -0.15) is 0 Å². The molecule has 2 heterocycles. The van der Waals surface area contributed by atoms with Crippen LogP contribution in [-0.2, 0) is 4.79 Å². The normalized spacial score (nSPS) is 10.3. The molecule has 0 spiro atoms. The Bertz CT molecular complexity index is 910. The van der Waals surface area contributed by atoms with Crippen molar-refractivity contribution >= 4 is 17.5 Å². The lowest BCUT2D eigenvalue weighted by Gasteiger charge is -2.07. The highest BCUT2D eigenvalue weighted by molar-refractivity contribution is 5.92. The summed E-state index contributed by atoms with van der Waals surface area (Å²) in [7, 11) is 0. The zero-order valence-corrected chi connectivity index (χ0v) is 14.9. The second-order valence-electron chi connectivity index (χ2n) is 5.83. The van der Waals surface area contributed by atoms with E-state index in [0.717, 1.165) is 0 Å². The quantitative estimate of drug-likeness (QED) is 0.578. The maximum absolute atomic E-state index is 12.9. The number of amides is 2.